The van der Waals surface area contributed by atoms with Crippen molar-refractivity contribution in [2.24, 2.45) is 0 Å². The number of hydrogen-bond donors (Lipinski definition) is 2. The molecular weight excluding hydrogens is 431 g/mol. The fourth-order valence-corrected chi connectivity index (χ4v) is 3.52. The summed E-state index contributed by atoms with van der Waals surface area (Å²) in [6.45, 7) is 3.54. The molecule has 0 aliphatic carbocycles. The van der Waals surface area contributed by atoms with Gasteiger partial charge >= 0.3 is 0 Å². The van der Waals surface area contributed by atoms with Crippen molar-refractivity contribution in [3.05, 3.63) is 62.7 Å². The van der Waals surface area contributed by atoms with Gasteiger partial charge in [0.05, 0.1) is 23.2 Å². The lowest BCUT2D eigenvalue weighted by atomic mass is 9.85. The highest BCUT2D eigenvalue weighted by atomic mass is 127. The molecule has 5 nitrogen and oxygen atoms in total. The van der Waals surface area contributed by atoms with Crippen molar-refractivity contribution >= 4 is 28.5 Å². The summed E-state index contributed by atoms with van der Waals surface area (Å²) >= 11 is 2.10. The molecule has 0 unspecified atom stereocenters. The Morgan fingerprint density at radius 2 is 2.04 bits per heavy atom. The Kier molecular flexibility index (Phi) is 4.71. The maximum absolute atomic E-state index is 12.7. The van der Waals surface area contributed by atoms with E-state index in [1.807, 2.05) is 12.1 Å². The first kappa shape index (κ1) is 17.7. The lowest BCUT2D eigenvalue weighted by Gasteiger charge is -2.42. The number of ether oxygens (including phenoxy) is 1. The highest BCUT2D eigenvalue weighted by molar-refractivity contribution is 14.1. The van der Waals surface area contributed by atoms with Gasteiger partial charge in [-0.3, -0.25) is 4.79 Å². The number of benzene rings is 2. The number of rotatable bonds is 2. The number of aliphatic hydroxyl groups excluding tert-OH is 1. The number of nitriles is 1. The minimum atomic E-state index is -0.959. The molecule has 2 atom stereocenters. The van der Waals surface area contributed by atoms with E-state index in [0.717, 1.165) is 3.57 Å². The Balaban J connectivity index is 2.01. The average Bonchev–Trinajstić information content (AvgIpc) is 2.58. The Morgan fingerprint density at radius 1 is 1.32 bits per heavy atom. The van der Waals surface area contributed by atoms with E-state index in [4.69, 9.17) is 10.00 Å². The Labute approximate surface area is 159 Å². The topological polar surface area (TPSA) is 82.3 Å². The van der Waals surface area contributed by atoms with E-state index in [0.29, 0.717) is 22.4 Å². The van der Waals surface area contributed by atoms with Crippen molar-refractivity contribution in [2.45, 2.75) is 31.6 Å². The van der Waals surface area contributed by atoms with Gasteiger partial charge in [-0.15, -0.1) is 0 Å². The molecule has 1 heterocycles. The highest BCUT2D eigenvalue weighted by Gasteiger charge is 2.43. The molecular formula is C19H17IN2O3. The number of halogens is 1. The van der Waals surface area contributed by atoms with Crippen LogP contribution in [0, 0.1) is 14.9 Å². The van der Waals surface area contributed by atoms with Crippen molar-refractivity contribution in [1.82, 2.24) is 5.32 Å². The van der Waals surface area contributed by atoms with Crippen LogP contribution in [-0.4, -0.2) is 22.7 Å². The molecule has 0 radical (unpaired) electrons. The second-order valence-corrected chi connectivity index (χ2v) is 7.61. The van der Waals surface area contributed by atoms with Crippen molar-refractivity contribution in [3.8, 4) is 11.8 Å². The van der Waals surface area contributed by atoms with Crippen LogP contribution in [0.25, 0.3) is 0 Å². The number of amides is 1. The zero-order valence-electron chi connectivity index (χ0n) is 13.8. The van der Waals surface area contributed by atoms with Crippen LogP contribution in [0.1, 0.15) is 41.4 Å². The van der Waals surface area contributed by atoms with Crippen molar-refractivity contribution in [1.29, 1.82) is 5.26 Å². The van der Waals surface area contributed by atoms with E-state index in [-0.39, 0.29) is 5.91 Å². The summed E-state index contributed by atoms with van der Waals surface area (Å²) in [5, 5.41) is 22.8. The minimum absolute atomic E-state index is 0.278. The van der Waals surface area contributed by atoms with Crippen molar-refractivity contribution < 1.29 is 14.6 Å². The highest BCUT2D eigenvalue weighted by Crippen LogP contribution is 2.40. The van der Waals surface area contributed by atoms with Crippen LogP contribution < -0.4 is 10.1 Å². The smallest absolute Gasteiger partial charge is 0.252 e. The molecule has 25 heavy (non-hydrogen) atoms. The number of carbonyl (C=O) groups is 1. The summed E-state index contributed by atoms with van der Waals surface area (Å²) < 4.78 is 6.68. The van der Waals surface area contributed by atoms with E-state index in [9.17, 15) is 9.90 Å². The van der Waals surface area contributed by atoms with Crippen LogP contribution in [0.5, 0.6) is 5.75 Å². The van der Waals surface area contributed by atoms with E-state index in [2.05, 4.69) is 34.0 Å². The van der Waals surface area contributed by atoms with Gasteiger partial charge in [0.15, 0.2) is 0 Å². The predicted molar refractivity (Wildman–Crippen MR) is 101 cm³/mol. The second-order valence-electron chi connectivity index (χ2n) is 6.45. The first-order valence-electron chi connectivity index (χ1n) is 7.80. The second kappa shape index (κ2) is 6.65. The van der Waals surface area contributed by atoms with Gasteiger partial charge in [0.1, 0.15) is 17.5 Å². The molecule has 2 N–H and O–H groups in total. The number of fused-ring (bicyclic) bond motifs is 1. The van der Waals surface area contributed by atoms with Crippen LogP contribution in [-0.2, 0) is 0 Å². The number of aliphatic hydroxyl groups is 1. The number of nitrogens with zero attached hydrogens (tertiary/aromatic N) is 1. The van der Waals surface area contributed by atoms with Crippen LogP contribution in [0.15, 0.2) is 42.5 Å². The van der Waals surface area contributed by atoms with Gasteiger partial charge in [0.25, 0.3) is 5.91 Å². The summed E-state index contributed by atoms with van der Waals surface area (Å²) in [4.78, 5) is 12.7. The summed E-state index contributed by atoms with van der Waals surface area (Å²) in [5.41, 5.74) is 0.716. The Morgan fingerprint density at radius 3 is 2.72 bits per heavy atom. The summed E-state index contributed by atoms with van der Waals surface area (Å²) in [6.07, 6.45) is -0.959. The van der Waals surface area contributed by atoms with E-state index in [1.54, 1.807) is 44.2 Å². The predicted octanol–water partition coefficient (Wildman–Crippen LogP) is 3.17. The lowest BCUT2D eigenvalue weighted by molar-refractivity contribution is -0.0627. The molecule has 0 saturated heterocycles. The van der Waals surface area contributed by atoms with Crippen molar-refractivity contribution in [3.63, 3.8) is 0 Å². The van der Waals surface area contributed by atoms with Gasteiger partial charge in [-0.25, -0.2) is 0 Å². The molecule has 0 saturated carbocycles. The molecule has 1 aliphatic rings. The lowest BCUT2D eigenvalue weighted by Crippen LogP contribution is -2.53. The van der Waals surface area contributed by atoms with Crippen LogP contribution in [0.4, 0.5) is 0 Å². The number of nitrogens with one attached hydrogen (secondary N) is 1. The average molecular weight is 448 g/mol. The molecule has 0 bridgehead atoms. The van der Waals surface area contributed by atoms with E-state index in [1.165, 1.54) is 0 Å². The van der Waals surface area contributed by atoms with Crippen LogP contribution >= 0.6 is 22.6 Å². The van der Waals surface area contributed by atoms with Gasteiger partial charge in [-0.2, -0.15) is 5.26 Å². The van der Waals surface area contributed by atoms with Gasteiger partial charge in [0.2, 0.25) is 0 Å². The van der Waals surface area contributed by atoms with E-state index >= 15 is 0 Å². The third-order valence-electron chi connectivity index (χ3n) is 4.28. The molecule has 6 heteroatoms. The van der Waals surface area contributed by atoms with E-state index < -0.39 is 17.7 Å². The third kappa shape index (κ3) is 3.34. The monoisotopic (exact) mass is 448 g/mol. The summed E-state index contributed by atoms with van der Waals surface area (Å²) in [7, 11) is 0. The maximum Gasteiger partial charge on any atom is 0.252 e. The third-order valence-corrected chi connectivity index (χ3v) is 5.22. The molecule has 128 valence electrons. The molecule has 0 spiro atoms. The zero-order valence-corrected chi connectivity index (χ0v) is 15.9. The van der Waals surface area contributed by atoms with Gasteiger partial charge < -0.3 is 15.2 Å². The Bertz CT molecular complexity index is 873. The SMILES string of the molecule is CC1(C)Oc2ccc(C#N)cc2[C@@H](NC(=O)c2ccccc2I)[C@@H]1O. The first-order chi connectivity index (χ1) is 11.8. The Hall–Kier alpha value is -2.11. The largest absolute Gasteiger partial charge is 0.485 e. The van der Waals surface area contributed by atoms with Gasteiger partial charge in [0, 0.05) is 9.13 Å². The molecule has 1 amide bonds. The maximum atomic E-state index is 12.7. The molecule has 0 aromatic heterocycles. The standard InChI is InChI=1S/C19H17IN2O3/c1-19(2)17(23)16(13-9-11(10-21)7-8-15(13)25-19)22-18(24)12-5-3-4-6-14(12)20/h3-9,16-17,23H,1-2H3,(H,22,24)/t16-,17+/m1/s1. The van der Waals surface area contributed by atoms with Crippen molar-refractivity contribution in [2.75, 3.05) is 0 Å². The van der Waals surface area contributed by atoms with Crippen LogP contribution in [0.3, 0.4) is 0 Å². The molecule has 2 aromatic carbocycles. The first-order valence-corrected chi connectivity index (χ1v) is 8.88. The number of carbonyl (C=O) groups excluding carboxylic acids is 1. The van der Waals surface area contributed by atoms with Gasteiger partial charge in [-0.05, 0) is 66.8 Å². The zero-order chi connectivity index (χ0) is 18.2. The normalized spacial score (nSPS) is 20.8. The fraction of sp³-hybridized carbons (Fsp3) is 0.263. The quantitative estimate of drug-likeness (QED) is 0.692. The summed E-state index contributed by atoms with van der Waals surface area (Å²) in [6, 6.07) is 13.7. The van der Waals surface area contributed by atoms with Gasteiger partial charge in [-0.1, -0.05) is 12.1 Å². The fourth-order valence-electron chi connectivity index (χ4n) is 2.89. The number of hydrogen-bond acceptors (Lipinski definition) is 4. The molecule has 0 fully saturated rings. The molecule has 2 aromatic rings. The minimum Gasteiger partial charge on any atom is -0.485 e. The van der Waals surface area contributed by atoms with Crippen LogP contribution in [0.2, 0.25) is 0 Å². The summed E-state index contributed by atoms with van der Waals surface area (Å²) in [5.74, 6) is 0.280. The molecule has 3 rings (SSSR count). The molecule has 1 aliphatic heterocycles.